The molecule has 1 aromatic carbocycles. The lowest BCUT2D eigenvalue weighted by Gasteiger charge is -2.08. The summed E-state index contributed by atoms with van der Waals surface area (Å²) in [5.74, 6) is 1.53. The van der Waals surface area contributed by atoms with Crippen LogP contribution in [0.25, 0.3) is 0 Å². The number of aryl methyl sites for hydroxylation is 2. The van der Waals surface area contributed by atoms with Gasteiger partial charge in [0.05, 0.1) is 12.6 Å². The topological polar surface area (TPSA) is 8.81 Å². The van der Waals surface area contributed by atoms with Gasteiger partial charge in [0.15, 0.2) is 0 Å². The van der Waals surface area contributed by atoms with Crippen LogP contribution in [0.4, 0.5) is 0 Å². The first-order valence-electron chi connectivity index (χ1n) is 14.9. The first kappa shape index (κ1) is 28.7. The van der Waals surface area contributed by atoms with Crippen LogP contribution in [-0.4, -0.2) is 4.57 Å². The predicted octanol–water partition coefficient (Wildman–Crippen LogP) is 9.40. The Labute approximate surface area is 212 Å². The number of rotatable bonds is 21. The van der Waals surface area contributed by atoms with E-state index in [1.54, 1.807) is 0 Å². The summed E-state index contributed by atoms with van der Waals surface area (Å²) < 4.78 is 5.01. The fourth-order valence-corrected chi connectivity index (χ4v) is 5.17. The molecular weight excluding hydrogens is 412 g/mol. The van der Waals surface area contributed by atoms with Gasteiger partial charge in [0, 0.05) is 6.42 Å². The summed E-state index contributed by atoms with van der Waals surface area (Å²) in [5.41, 5.74) is 1.45. The molecule has 0 radical (unpaired) electrons. The fourth-order valence-electron chi connectivity index (χ4n) is 5.17. The molecule has 34 heavy (non-hydrogen) atoms. The van der Waals surface area contributed by atoms with Crippen LogP contribution in [0.5, 0.6) is 0 Å². The molecule has 0 N–H and O–H groups in total. The first-order chi connectivity index (χ1) is 16.7. The molecule has 0 aliphatic rings. The molecule has 0 aliphatic carbocycles. The number of hydrogen-bond acceptors (Lipinski definition) is 0. The standard InChI is InChI=1S/C32H55N2/c1-4-5-6-7-8-9-10-11-12-13-14-15-16-17-21-26-32-33(28-29-34(32)30(2)3)27-22-25-31-23-19-18-20-24-31/h18-20,23-24,28-30H,4-17,21-22,25-27H2,1-3H3/q+1. The van der Waals surface area contributed by atoms with E-state index in [0.717, 1.165) is 6.54 Å². The Hall–Kier alpha value is -1.57. The van der Waals surface area contributed by atoms with E-state index < -0.39 is 0 Å². The van der Waals surface area contributed by atoms with Crippen molar-refractivity contribution in [2.45, 2.75) is 149 Å². The van der Waals surface area contributed by atoms with E-state index in [0.29, 0.717) is 6.04 Å². The molecule has 192 valence electrons. The SMILES string of the molecule is CCCCCCCCCCCCCCCCCc1n(C(C)C)cc[n+]1CCCc1ccccc1. The highest BCUT2D eigenvalue weighted by molar-refractivity contribution is 5.14. The second kappa shape index (κ2) is 18.7. The maximum Gasteiger partial charge on any atom is 0.256 e. The third-order valence-corrected chi connectivity index (χ3v) is 7.30. The normalized spacial score (nSPS) is 11.5. The highest BCUT2D eigenvalue weighted by Gasteiger charge is 2.18. The van der Waals surface area contributed by atoms with Crippen molar-refractivity contribution in [1.82, 2.24) is 4.57 Å². The van der Waals surface area contributed by atoms with E-state index in [1.165, 1.54) is 127 Å². The van der Waals surface area contributed by atoms with Crippen LogP contribution in [0, 0.1) is 0 Å². The molecule has 0 fully saturated rings. The number of benzene rings is 1. The largest absolute Gasteiger partial charge is 0.256 e. The number of hydrogen-bond donors (Lipinski definition) is 0. The van der Waals surface area contributed by atoms with Crippen molar-refractivity contribution < 1.29 is 4.57 Å². The van der Waals surface area contributed by atoms with Crippen molar-refractivity contribution in [1.29, 1.82) is 0 Å². The first-order valence-corrected chi connectivity index (χ1v) is 14.9. The zero-order valence-electron chi connectivity index (χ0n) is 22.9. The van der Waals surface area contributed by atoms with Gasteiger partial charge in [0.2, 0.25) is 0 Å². The summed E-state index contributed by atoms with van der Waals surface area (Å²) in [6.45, 7) is 8.05. The fraction of sp³-hybridized carbons (Fsp3) is 0.719. The van der Waals surface area contributed by atoms with Crippen LogP contribution >= 0.6 is 0 Å². The maximum atomic E-state index is 2.52. The zero-order valence-corrected chi connectivity index (χ0v) is 22.9. The van der Waals surface area contributed by atoms with Gasteiger partial charge in [-0.3, -0.25) is 0 Å². The second-order valence-electron chi connectivity index (χ2n) is 10.7. The Bertz CT molecular complexity index is 716. The van der Waals surface area contributed by atoms with Crippen LogP contribution in [-0.2, 0) is 19.4 Å². The lowest BCUT2D eigenvalue weighted by Crippen LogP contribution is -2.37. The van der Waals surface area contributed by atoms with Crippen molar-refractivity contribution in [3.8, 4) is 0 Å². The van der Waals surface area contributed by atoms with Gasteiger partial charge in [-0.05, 0) is 38.7 Å². The smallest absolute Gasteiger partial charge is 0.234 e. The van der Waals surface area contributed by atoms with Gasteiger partial charge in [0.25, 0.3) is 5.82 Å². The predicted molar refractivity (Wildman–Crippen MR) is 148 cm³/mol. The molecule has 1 heterocycles. The molecule has 0 unspecified atom stereocenters. The molecule has 0 aliphatic heterocycles. The molecule has 2 aromatic rings. The van der Waals surface area contributed by atoms with Crippen molar-refractivity contribution in [2.75, 3.05) is 0 Å². The van der Waals surface area contributed by atoms with Crippen LogP contribution in [0.3, 0.4) is 0 Å². The number of unbranched alkanes of at least 4 members (excludes halogenated alkanes) is 14. The van der Waals surface area contributed by atoms with Crippen LogP contribution in [0.2, 0.25) is 0 Å². The molecule has 2 heteroatoms. The minimum atomic E-state index is 0.543. The lowest BCUT2D eigenvalue weighted by molar-refractivity contribution is -0.704. The van der Waals surface area contributed by atoms with E-state index in [-0.39, 0.29) is 0 Å². The molecule has 0 bridgehead atoms. The van der Waals surface area contributed by atoms with E-state index in [4.69, 9.17) is 0 Å². The molecule has 0 saturated heterocycles. The summed E-state index contributed by atoms with van der Waals surface area (Å²) in [4.78, 5) is 0. The van der Waals surface area contributed by atoms with Gasteiger partial charge >= 0.3 is 0 Å². The van der Waals surface area contributed by atoms with E-state index in [1.807, 2.05) is 0 Å². The Morgan fingerprint density at radius 1 is 0.647 bits per heavy atom. The Balaban J connectivity index is 1.54. The molecular formula is C32H55N2+. The average molecular weight is 468 g/mol. The highest BCUT2D eigenvalue weighted by atomic mass is 15.2. The molecule has 0 amide bonds. The van der Waals surface area contributed by atoms with Crippen molar-refractivity contribution in [2.24, 2.45) is 0 Å². The number of nitrogens with zero attached hydrogens (tertiary/aromatic N) is 2. The Morgan fingerprint density at radius 2 is 1.18 bits per heavy atom. The molecule has 2 nitrogen and oxygen atoms in total. The van der Waals surface area contributed by atoms with E-state index in [9.17, 15) is 0 Å². The van der Waals surface area contributed by atoms with E-state index >= 15 is 0 Å². The highest BCUT2D eigenvalue weighted by Crippen LogP contribution is 2.15. The summed E-state index contributed by atoms with van der Waals surface area (Å²) >= 11 is 0. The Morgan fingerprint density at radius 3 is 1.71 bits per heavy atom. The average Bonchev–Trinajstić information content (AvgIpc) is 3.25. The molecule has 2 rings (SSSR count). The molecule has 0 spiro atoms. The van der Waals surface area contributed by atoms with Crippen molar-refractivity contribution >= 4 is 0 Å². The third-order valence-electron chi connectivity index (χ3n) is 7.30. The van der Waals surface area contributed by atoms with Crippen molar-refractivity contribution in [3.05, 3.63) is 54.1 Å². The van der Waals surface area contributed by atoms with Crippen LogP contribution in [0.1, 0.15) is 141 Å². The Kier molecular flexibility index (Phi) is 15.8. The van der Waals surface area contributed by atoms with Gasteiger partial charge in [-0.1, -0.05) is 127 Å². The monoisotopic (exact) mass is 467 g/mol. The minimum absolute atomic E-state index is 0.543. The molecule has 0 saturated carbocycles. The summed E-state index contributed by atoms with van der Waals surface area (Å²) in [6, 6.07) is 11.5. The van der Waals surface area contributed by atoms with E-state index in [2.05, 4.69) is 72.6 Å². The number of imidazole rings is 1. The third kappa shape index (κ3) is 12.2. The summed E-state index contributed by atoms with van der Waals surface area (Å²) in [7, 11) is 0. The summed E-state index contributed by atoms with van der Waals surface area (Å²) in [5, 5.41) is 0. The summed E-state index contributed by atoms with van der Waals surface area (Å²) in [6.07, 6.45) is 29.7. The lowest BCUT2D eigenvalue weighted by atomic mass is 10.0. The van der Waals surface area contributed by atoms with Gasteiger partial charge in [-0.2, -0.15) is 0 Å². The number of aromatic nitrogens is 2. The zero-order chi connectivity index (χ0) is 24.3. The molecule has 0 atom stereocenters. The van der Waals surface area contributed by atoms with Crippen LogP contribution < -0.4 is 4.57 Å². The van der Waals surface area contributed by atoms with Gasteiger partial charge < -0.3 is 0 Å². The quantitative estimate of drug-likeness (QED) is 0.128. The van der Waals surface area contributed by atoms with Crippen LogP contribution in [0.15, 0.2) is 42.7 Å². The van der Waals surface area contributed by atoms with Crippen molar-refractivity contribution in [3.63, 3.8) is 0 Å². The molecule has 1 aromatic heterocycles. The van der Waals surface area contributed by atoms with Gasteiger partial charge in [0.1, 0.15) is 12.4 Å². The maximum absolute atomic E-state index is 2.52. The van der Waals surface area contributed by atoms with Gasteiger partial charge in [-0.15, -0.1) is 0 Å². The minimum Gasteiger partial charge on any atom is -0.234 e. The van der Waals surface area contributed by atoms with Gasteiger partial charge in [-0.25, -0.2) is 9.13 Å². The second-order valence-corrected chi connectivity index (χ2v) is 10.7.